The van der Waals surface area contributed by atoms with Gasteiger partial charge in [-0.3, -0.25) is 4.57 Å². The molecule has 0 spiro atoms. The monoisotopic (exact) mass is 405 g/mol. The van der Waals surface area contributed by atoms with Crippen molar-refractivity contribution in [3.05, 3.63) is 89.7 Å². The van der Waals surface area contributed by atoms with E-state index in [1.54, 1.807) is 37.1 Å². The zero-order valence-electron chi connectivity index (χ0n) is 16.2. The van der Waals surface area contributed by atoms with Crippen molar-refractivity contribution in [1.29, 1.82) is 0 Å². The van der Waals surface area contributed by atoms with E-state index in [0.29, 0.717) is 16.5 Å². The van der Waals surface area contributed by atoms with Crippen molar-refractivity contribution >= 4 is 11.8 Å². The van der Waals surface area contributed by atoms with Crippen LogP contribution in [0.4, 0.5) is 4.39 Å². The number of rotatable bonds is 6. The summed E-state index contributed by atoms with van der Waals surface area (Å²) in [4.78, 5) is 0. The molecule has 0 aliphatic carbocycles. The highest BCUT2D eigenvalue weighted by molar-refractivity contribution is 7.98. The molecule has 0 aliphatic heterocycles. The van der Waals surface area contributed by atoms with E-state index in [4.69, 9.17) is 4.74 Å². The van der Waals surface area contributed by atoms with E-state index in [9.17, 15) is 4.39 Å². The number of halogens is 1. The Kier molecular flexibility index (Phi) is 5.62. The first kappa shape index (κ1) is 19.2. The Labute approximate surface area is 173 Å². The van der Waals surface area contributed by atoms with Gasteiger partial charge in [0.15, 0.2) is 11.0 Å². The van der Waals surface area contributed by atoms with Crippen LogP contribution in [-0.4, -0.2) is 21.9 Å². The Bertz CT molecular complexity index is 1130. The molecule has 1 aromatic heterocycles. The zero-order valence-corrected chi connectivity index (χ0v) is 17.0. The van der Waals surface area contributed by atoms with Gasteiger partial charge in [0.1, 0.15) is 11.6 Å². The Hall–Kier alpha value is -3.12. The van der Waals surface area contributed by atoms with E-state index >= 15 is 0 Å². The van der Waals surface area contributed by atoms with Gasteiger partial charge in [-0.15, -0.1) is 10.2 Å². The van der Waals surface area contributed by atoms with Gasteiger partial charge in [-0.25, -0.2) is 4.39 Å². The summed E-state index contributed by atoms with van der Waals surface area (Å²) >= 11 is 1.58. The third kappa shape index (κ3) is 4.03. The van der Waals surface area contributed by atoms with Gasteiger partial charge in [0, 0.05) is 5.75 Å². The topological polar surface area (TPSA) is 39.9 Å². The molecular weight excluding hydrogens is 385 g/mol. The van der Waals surface area contributed by atoms with Crippen LogP contribution in [0.5, 0.6) is 5.75 Å². The summed E-state index contributed by atoms with van der Waals surface area (Å²) in [5, 5.41) is 9.40. The summed E-state index contributed by atoms with van der Waals surface area (Å²) in [6.07, 6.45) is 0. The average molecular weight is 405 g/mol. The SMILES string of the molecule is COc1ccc(-n2c(SCc3ccccc3C)nnc2-c2ccccc2F)cc1. The zero-order chi connectivity index (χ0) is 20.2. The van der Waals surface area contributed by atoms with Gasteiger partial charge in [-0.05, 0) is 54.4 Å². The van der Waals surface area contributed by atoms with Crippen molar-refractivity contribution in [2.45, 2.75) is 17.8 Å². The number of benzene rings is 3. The number of hydrogen-bond acceptors (Lipinski definition) is 4. The molecule has 0 N–H and O–H groups in total. The van der Waals surface area contributed by atoms with Gasteiger partial charge >= 0.3 is 0 Å². The molecule has 29 heavy (non-hydrogen) atoms. The summed E-state index contributed by atoms with van der Waals surface area (Å²) in [6.45, 7) is 2.09. The fraction of sp³-hybridized carbons (Fsp3) is 0.130. The minimum absolute atomic E-state index is 0.329. The Morgan fingerprint density at radius 3 is 2.38 bits per heavy atom. The molecule has 0 atom stereocenters. The summed E-state index contributed by atoms with van der Waals surface area (Å²) < 4.78 is 21.6. The van der Waals surface area contributed by atoms with Crippen LogP contribution in [0.25, 0.3) is 17.1 Å². The summed E-state index contributed by atoms with van der Waals surface area (Å²) in [5.41, 5.74) is 3.72. The van der Waals surface area contributed by atoms with Crippen molar-refractivity contribution in [3.63, 3.8) is 0 Å². The van der Waals surface area contributed by atoms with Gasteiger partial charge in [0.25, 0.3) is 0 Å². The van der Waals surface area contributed by atoms with Gasteiger partial charge in [-0.1, -0.05) is 48.2 Å². The van der Waals surface area contributed by atoms with Gasteiger partial charge in [0.05, 0.1) is 18.4 Å². The minimum Gasteiger partial charge on any atom is -0.497 e. The molecule has 0 amide bonds. The van der Waals surface area contributed by atoms with E-state index in [0.717, 1.165) is 17.2 Å². The van der Waals surface area contributed by atoms with Gasteiger partial charge < -0.3 is 4.74 Å². The second-order valence-electron chi connectivity index (χ2n) is 6.53. The summed E-state index contributed by atoms with van der Waals surface area (Å²) in [6, 6.07) is 22.5. The molecule has 0 fully saturated rings. The quantitative estimate of drug-likeness (QED) is 0.387. The largest absolute Gasteiger partial charge is 0.497 e. The van der Waals surface area contributed by atoms with Crippen LogP contribution in [0.2, 0.25) is 0 Å². The number of nitrogens with zero attached hydrogens (tertiary/aromatic N) is 3. The second-order valence-corrected chi connectivity index (χ2v) is 7.48. The molecule has 4 rings (SSSR count). The number of methoxy groups -OCH3 is 1. The molecule has 3 aromatic carbocycles. The van der Waals surface area contributed by atoms with Crippen LogP contribution >= 0.6 is 11.8 Å². The molecule has 146 valence electrons. The smallest absolute Gasteiger partial charge is 0.196 e. The Morgan fingerprint density at radius 2 is 1.66 bits per heavy atom. The Balaban J connectivity index is 1.76. The highest BCUT2D eigenvalue weighted by Gasteiger charge is 2.19. The van der Waals surface area contributed by atoms with Crippen molar-refractivity contribution < 1.29 is 9.13 Å². The third-order valence-electron chi connectivity index (χ3n) is 4.70. The molecule has 0 aliphatic rings. The number of ether oxygens (including phenoxy) is 1. The first-order valence-corrected chi connectivity index (χ1v) is 10.2. The van der Waals surface area contributed by atoms with E-state index in [1.807, 2.05) is 41.0 Å². The molecule has 6 heteroatoms. The fourth-order valence-electron chi connectivity index (χ4n) is 3.06. The molecule has 0 bridgehead atoms. The highest BCUT2D eigenvalue weighted by Crippen LogP contribution is 2.31. The standard InChI is InChI=1S/C23H20FN3OS/c1-16-7-3-4-8-17(16)15-29-23-26-25-22(20-9-5-6-10-21(20)24)27(23)18-11-13-19(28-2)14-12-18/h3-14H,15H2,1-2H3. The molecule has 4 nitrogen and oxygen atoms in total. The van der Waals surface area contributed by atoms with Crippen molar-refractivity contribution in [2.75, 3.05) is 7.11 Å². The van der Waals surface area contributed by atoms with Crippen LogP contribution < -0.4 is 4.74 Å². The van der Waals surface area contributed by atoms with Crippen LogP contribution in [0.3, 0.4) is 0 Å². The van der Waals surface area contributed by atoms with Crippen molar-refractivity contribution in [1.82, 2.24) is 14.8 Å². The van der Waals surface area contributed by atoms with Gasteiger partial charge in [-0.2, -0.15) is 0 Å². The molecule has 0 saturated carbocycles. The summed E-state index contributed by atoms with van der Waals surface area (Å²) in [5.74, 6) is 1.65. The lowest BCUT2D eigenvalue weighted by Crippen LogP contribution is -2.01. The summed E-state index contributed by atoms with van der Waals surface area (Å²) in [7, 11) is 1.63. The van der Waals surface area contributed by atoms with Crippen LogP contribution in [0, 0.1) is 12.7 Å². The van der Waals surface area contributed by atoms with Gasteiger partial charge in [0.2, 0.25) is 0 Å². The lowest BCUT2D eigenvalue weighted by Gasteiger charge is -2.12. The number of aromatic nitrogens is 3. The van der Waals surface area contributed by atoms with Crippen LogP contribution in [-0.2, 0) is 5.75 Å². The number of thioether (sulfide) groups is 1. The first-order valence-electron chi connectivity index (χ1n) is 9.19. The molecule has 1 heterocycles. The van der Waals surface area contributed by atoms with Crippen molar-refractivity contribution in [2.24, 2.45) is 0 Å². The predicted octanol–water partition coefficient (Wildman–Crippen LogP) is 5.68. The lowest BCUT2D eigenvalue weighted by atomic mass is 10.1. The lowest BCUT2D eigenvalue weighted by molar-refractivity contribution is 0.414. The molecule has 0 radical (unpaired) electrons. The number of hydrogen-bond donors (Lipinski definition) is 0. The van der Waals surface area contributed by atoms with E-state index in [2.05, 4.69) is 29.3 Å². The molecule has 4 aromatic rings. The molecule has 0 unspecified atom stereocenters. The van der Waals surface area contributed by atoms with E-state index in [-0.39, 0.29) is 5.82 Å². The maximum absolute atomic E-state index is 14.5. The average Bonchev–Trinajstić information content (AvgIpc) is 3.17. The maximum Gasteiger partial charge on any atom is 0.196 e. The fourth-order valence-corrected chi connectivity index (χ4v) is 4.09. The van der Waals surface area contributed by atoms with E-state index < -0.39 is 0 Å². The number of aryl methyl sites for hydroxylation is 1. The van der Waals surface area contributed by atoms with Crippen LogP contribution in [0.15, 0.2) is 78.0 Å². The normalized spacial score (nSPS) is 10.9. The van der Waals surface area contributed by atoms with Crippen molar-refractivity contribution in [3.8, 4) is 22.8 Å². The minimum atomic E-state index is -0.329. The molecular formula is C23H20FN3OS. The Morgan fingerprint density at radius 1 is 0.931 bits per heavy atom. The maximum atomic E-state index is 14.5. The second kappa shape index (κ2) is 8.49. The van der Waals surface area contributed by atoms with Crippen LogP contribution in [0.1, 0.15) is 11.1 Å². The van der Waals surface area contributed by atoms with E-state index in [1.165, 1.54) is 17.2 Å². The first-order chi connectivity index (χ1) is 14.2. The molecule has 0 saturated heterocycles. The predicted molar refractivity (Wildman–Crippen MR) is 114 cm³/mol. The third-order valence-corrected chi connectivity index (χ3v) is 5.67. The highest BCUT2D eigenvalue weighted by atomic mass is 32.2.